The maximum Gasteiger partial charge on any atom is 0.345 e. The molecule has 0 unspecified atom stereocenters. The summed E-state index contributed by atoms with van der Waals surface area (Å²) in [4.78, 5) is 29.9. The Morgan fingerprint density at radius 1 is 1.00 bits per heavy atom. The normalized spacial score (nSPS) is 14.5. The summed E-state index contributed by atoms with van der Waals surface area (Å²) in [6.07, 6.45) is 1.47. The minimum atomic E-state index is -4.07. The van der Waals surface area contributed by atoms with E-state index >= 15 is 0 Å². The van der Waals surface area contributed by atoms with Gasteiger partial charge in [0.05, 0.1) is 15.5 Å². The van der Waals surface area contributed by atoms with Gasteiger partial charge in [-0.1, -0.05) is 41.9 Å². The molecule has 162 valence electrons. The van der Waals surface area contributed by atoms with Crippen molar-refractivity contribution in [3.05, 3.63) is 94.8 Å². The number of hydrogen-bond acceptors (Lipinski definition) is 6. The molecule has 1 aromatic heterocycles. The molecule has 2 heterocycles. The van der Waals surface area contributed by atoms with E-state index in [2.05, 4.69) is 10.3 Å². The summed E-state index contributed by atoms with van der Waals surface area (Å²) in [5.74, 6) is -1.66. The van der Waals surface area contributed by atoms with Crippen molar-refractivity contribution in [3.8, 4) is 0 Å². The van der Waals surface area contributed by atoms with Gasteiger partial charge in [0.2, 0.25) is 0 Å². The van der Waals surface area contributed by atoms with Gasteiger partial charge in [-0.15, -0.1) is 0 Å². The summed E-state index contributed by atoms with van der Waals surface area (Å²) in [6.45, 7) is 0. The van der Waals surface area contributed by atoms with Crippen LogP contribution in [-0.2, 0) is 19.6 Å². The van der Waals surface area contributed by atoms with Crippen LogP contribution < -0.4 is 5.32 Å². The molecule has 3 aromatic rings. The number of amides is 1. The van der Waals surface area contributed by atoms with Gasteiger partial charge in [-0.25, -0.2) is 18.2 Å². The molecule has 8 nitrogen and oxygen atoms in total. The van der Waals surface area contributed by atoms with Gasteiger partial charge in [0.25, 0.3) is 15.9 Å². The molecule has 0 saturated heterocycles. The molecular weight excluding hydrogens is 454 g/mol. The second-order valence-electron chi connectivity index (χ2n) is 6.68. The summed E-state index contributed by atoms with van der Waals surface area (Å²) in [6, 6.07) is 17.1. The number of fused-ring (bicyclic) bond motifs is 1. The molecule has 1 amide bonds. The minimum Gasteiger partial charge on any atom is -0.420 e. The van der Waals surface area contributed by atoms with Crippen LogP contribution in [0.3, 0.4) is 0 Å². The second-order valence-corrected chi connectivity index (χ2v) is 9.03. The van der Waals surface area contributed by atoms with E-state index in [9.17, 15) is 18.0 Å². The van der Waals surface area contributed by atoms with Crippen LogP contribution in [-0.4, -0.2) is 36.6 Å². The van der Waals surface area contributed by atoms with Crippen LogP contribution in [0.5, 0.6) is 0 Å². The van der Waals surface area contributed by atoms with Crippen LogP contribution >= 0.6 is 11.6 Å². The van der Waals surface area contributed by atoms with Crippen LogP contribution in [0.1, 0.15) is 15.9 Å². The van der Waals surface area contributed by atoms with Gasteiger partial charge in [0.15, 0.2) is 11.5 Å². The zero-order chi connectivity index (χ0) is 22.9. The molecule has 2 aromatic carbocycles. The van der Waals surface area contributed by atoms with Crippen LogP contribution in [0.2, 0.25) is 5.02 Å². The lowest BCUT2D eigenvalue weighted by Crippen LogP contribution is -2.38. The zero-order valence-electron chi connectivity index (χ0n) is 16.7. The molecular formula is C22H16ClN3O5S. The van der Waals surface area contributed by atoms with E-state index in [0.717, 1.165) is 4.31 Å². The van der Waals surface area contributed by atoms with Crippen molar-refractivity contribution in [1.29, 1.82) is 0 Å². The number of sulfonamides is 1. The van der Waals surface area contributed by atoms with Gasteiger partial charge in [-0.3, -0.25) is 9.10 Å². The number of likely N-dealkylation sites (N-methyl/N-ethyl adjacent to an activating group) is 1. The first-order valence-electron chi connectivity index (χ1n) is 9.32. The fourth-order valence-electron chi connectivity index (χ4n) is 3.15. The number of benzene rings is 2. The van der Waals surface area contributed by atoms with Crippen molar-refractivity contribution in [1.82, 2.24) is 9.29 Å². The third-order valence-corrected chi connectivity index (χ3v) is 6.86. The van der Waals surface area contributed by atoms with E-state index in [1.54, 1.807) is 36.4 Å². The van der Waals surface area contributed by atoms with Crippen molar-refractivity contribution < 1.29 is 22.7 Å². The SMILES string of the molecule is CN1C(C(=O)Nc2ccccn2)=C(OC(=O)c2ccccc2Cl)c2ccccc2S1(=O)=O. The van der Waals surface area contributed by atoms with Crippen molar-refractivity contribution in [3.63, 3.8) is 0 Å². The van der Waals surface area contributed by atoms with E-state index < -0.39 is 21.9 Å². The molecule has 0 aliphatic carbocycles. The Morgan fingerprint density at radius 2 is 1.69 bits per heavy atom. The average Bonchev–Trinajstić information content (AvgIpc) is 2.78. The number of esters is 1. The quantitative estimate of drug-likeness (QED) is 0.586. The number of carbonyl (C=O) groups is 2. The maximum absolute atomic E-state index is 13.1. The first-order valence-corrected chi connectivity index (χ1v) is 11.1. The van der Waals surface area contributed by atoms with Gasteiger partial charge >= 0.3 is 5.97 Å². The number of pyridine rings is 1. The van der Waals surface area contributed by atoms with Crippen LogP contribution in [0.15, 0.2) is 83.5 Å². The highest BCUT2D eigenvalue weighted by Crippen LogP contribution is 2.37. The first-order chi connectivity index (χ1) is 15.3. The van der Waals surface area contributed by atoms with E-state index in [0.29, 0.717) is 0 Å². The molecule has 0 saturated carbocycles. The summed E-state index contributed by atoms with van der Waals surface area (Å²) in [5, 5.41) is 2.69. The number of aromatic nitrogens is 1. The van der Waals surface area contributed by atoms with Gasteiger partial charge in [-0.2, -0.15) is 0 Å². The number of halogens is 1. The number of nitrogens with zero attached hydrogens (tertiary/aromatic N) is 2. The predicted octanol–water partition coefficient (Wildman–Crippen LogP) is 3.53. The third-order valence-electron chi connectivity index (χ3n) is 4.71. The number of carbonyl (C=O) groups excluding carboxylic acids is 2. The highest BCUT2D eigenvalue weighted by atomic mass is 35.5. The van der Waals surface area contributed by atoms with Crippen LogP contribution in [0.4, 0.5) is 5.82 Å². The fourth-order valence-corrected chi connectivity index (χ4v) is 4.76. The highest BCUT2D eigenvalue weighted by Gasteiger charge is 2.39. The Hall–Kier alpha value is -3.69. The number of anilines is 1. The topological polar surface area (TPSA) is 106 Å². The number of rotatable bonds is 4. The van der Waals surface area contributed by atoms with Crippen molar-refractivity contribution in [2.45, 2.75) is 4.90 Å². The third kappa shape index (κ3) is 3.83. The van der Waals surface area contributed by atoms with Gasteiger partial charge in [0, 0.05) is 18.8 Å². The van der Waals surface area contributed by atoms with Crippen molar-refractivity contribution in [2.75, 3.05) is 12.4 Å². The Bertz CT molecular complexity index is 1360. The van der Waals surface area contributed by atoms with Gasteiger partial charge in [-0.05, 0) is 36.4 Å². The largest absolute Gasteiger partial charge is 0.420 e. The lowest BCUT2D eigenvalue weighted by Gasteiger charge is -2.30. The molecule has 1 aliphatic heterocycles. The van der Waals surface area contributed by atoms with Gasteiger partial charge in [0.1, 0.15) is 5.82 Å². The molecule has 0 atom stereocenters. The summed E-state index contributed by atoms with van der Waals surface area (Å²) < 4.78 is 32.5. The molecule has 0 fully saturated rings. The molecule has 4 rings (SSSR count). The monoisotopic (exact) mass is 469 g/mol. The lowest BCUT2D eigenvalue weighted by molar-refractivity contribution is -0.113. The van der Waals surface area contributed by atoms with Crippen molar-refractivity contribution >= 4 is 45.1 Å². The molecule has 1 N–H and O–H groups in total. The minimum absolute atomic E-state index is 0.0692. The molecule has 0 bridgehead atoms. The van der Waals surface area contributed by atoms with Crippen LogP contribution in [0, 0.1) is 0 Å². The molecule has 0 radical (unpaired) electrons. The Balaban J connectivity index is 1.86. The van der Waals surface area contributed by atoms with E-state index in [1.165, 1.54) is 43.6 Å². The van der Waals surface area contributed by atoms with Crippen LogP contribution in [0.25, 0.3) is 5.76 Å². The molecule has 32 heavy (non-hydrogen) atoms. The lowest BCUT2D eigenvalue weighted by atomic mass is 10.1. The summed E-state index contributed by atoms with van der Waals surface area (Å²) in [5.41, 5.74) is -0.216. The second kappa shape index (κ2) is 8.45. The average molecular weight is 470 g/mol. The van der Waals surface area contributed by atoms with Gasteiger partial charge < -0.3 is 10.1 Å². The first kappa shape index (κ1) is 21.5. The van der Waals surface area contributed by atoms with Crippen molar-refractivity contribution in [2.24, 2.45) is 0 Å². The fraction of sp³-hybridized carbons (Fsp3) is 0.0455. The number of hydrogen-bond donors (Lipinski definition) is 1. The van der Waals surface area contributed by atoms with E-state index in [4.69, 9.17) is 16.3 Å². The molecule has 1 aliphatic rings. The predicted molar refractivity (Wildman–Crippen MR) is 118 cm³/mol. The number of nitrogens with one attached hydrogen (secondary N) is 1. The zero-order valence-corrected chi connectivity index (χ0v) is 18.2. The van der Waals surface area contributed by atoms with E-state index in [-0.39, 0.29) is 38.3 Å². The Kier molecular flexibility index (Phi) is 5.68. The standard InChI is InChI=1S/C22H16ClN3O5S/c1-26-19(21(27)25-18-12-6-7-13-24-18)20(15-9-3-5-11-17(15)32(26,29)30)31-22(28)14-8-2-4-10-16(14)23/h2-13H,1H3,(H,24,25,27). The summed E-state index contributed by atoms with van der Waals surface area (Å²) in [7, 11) is -2.86. The highest BCUT2D eigenvalue weighted by molar-refractivity contribution is 7.89. The molecule has 0 spiro atoms. The molecule has 10 heteroatoms. The Morgan fingerprint density at radius 3 is 2.41 bits per heavy atom. The number of ether oxygens (including phenoxy) is 1. The maximum atomic E-state index is 13.1. The summed E-state index contributed by atoms with van der Waals surface area (Å²) >= 11 is 6.11. The van der Waals surface area contributed by atoms with E-state index in [1.807, 2.05) is 0 Å². The Labute approximate surface area is 189 Å². The smallest absolute Gasteiger partial charge is 0.345 e.